The first-order chi connectivity index (χ1) is 20.3. The molecule has 0 unspecified atom stereocenters. The van der Waals surface area contributed by atoms with Crippen LogP contribution in [0.4, 0.5) is 44.3 Å². The summed E-state index contributed by atoms with van der Waals surface area (Å²) in [4.78, 5) is 12.1. The average Bonchev–Trinajstić information content (AvgIpc) is 2.89. The molecule has 2 N–H and O–H groups in total. The molecule has 0 radical (unpaired) electrons. The van der Waals surface area contributed by atoms with Crippen LogP contribution in [-0.4, -0.2) is 38.5 Å². The largest absolute Gasteiger partial charge is 0.573 e. The lowest BCUT2D eigenvalue weighted by atomic mass is 9.70. The van der Waals surface area contributed by atoms with E-state index >= 15 is 0 Å². The van der Waals surface area contributed by atoms with E-state index in [0.29, 0.717) is 0 Å². The summed E-state index contributed by atoms with van der Waals surface area (Å²) >= 11 is 0. The van der Waals surface area contributed by atoms with Crippen LogP contribution in [0.15, 0.2) is 78.9 Å². The Bertz CT molecular complexity index is 1270. The SMILES string of the molecule is CC(C)CC(F)(F)F.CNC(=O)NCC(Cc1ccccc1)(c1cccc(OC(F)(F)F)c1)c1cccc(OC(F)(F)F)c1. The van der Waals surface area contributed by atoms with Crippen LogP contribution < -0.4 is 20.1 Å². The molecule has 2 amide bonds. The summed E-state index contributed by atoms with van der Waals surface area (Å²) in [6, 6.07) is 18.5. The third-order valence-corrected chi connectivity index (χ3v) is 6.01. The highest BCUT2D eigenvalue weighted by atomic mass is 19.4. The Hall–Kier alpha value is -4.10. The normalized spacial score (nSPS) is 12.2. The maximum Gasteiger partial charge on any atom is 0.573 e. The molecule has 3 rings (SSSR count). The van der Waals surface area contributed by atoms with Crippen molar-refractivity contribution in [1.82, 2.24) is 10.6 Å². The van der Waals surface area contributed by atoms with Crippen LogP contribution in [0.5, 0.6) is 11.5 Å². The molecule has 3 aromatic rings. The second-order valence-electron chi connectivity index (χ2n) is 10.0. The first-order valence-corrected chi connectivity index (χ1v) is 13.1. The molecule has 0 saturated heterocycles. The number of rotatable bonds is 9. The average molecular weight is 639 g/mol. The van der Waals surface area contributed by atoms with Gasteiger partial charge >= 0.3 is 24.9 Å². The minimum absolute atomic E-state index is 0.114. The van der Waals surface area contributed by atoms with Crippen molar-refractivity contribution >= 4 is 6.03 Å². The van der Waals surface area contributed by atoms with Crippen LogP contribution in [0.25, 0.3) is 0 Å². The Morgan fingerprint density at radius 3 is 1.57 bits per heavy atom. The molecule has 0 bridgehead atoms. The molecule has 14 heteroatoms. The molecule has 0 heterocycles. The highest BCUT2D eigenvalue weighted by Gasteiger charge is 2.38. The zero-order valence-electron chi connectivity index (χ0n) is 23.8. The minimum Gasteiger partial charge on any atom is -0.406 e. The van der Waals surface area contributed by atoms with Gasteiger partial charge < -0.3 is 20.1 Å². The lowest BCUT2D eigenvalue weighted by molar-refractivity contribution is -0.275. The summed E-state index contributed by atoms with van der Waals surface area (Å²) in [6.07, 6.45) is -14.5. The fourth-order valence-electron chi connectivity index (χ4n) is 4.35. The number of hydrogen-bond donors (Lipinski definition) is 2. The van der Waals surface area contributed by atoms with Gasteiger partial charge in [0, 0.05) is 25.4 Å². The number of amides is 2. The maximum absolute atomic E-state index is 12.9. The highest BCUT2D eigenvalue weighted by Crippen LogP contribution is 2.40. The van der Waals surface area contributed by atoms with Crippen molar-refractivity contribution in [3.8, 4) is 11.5 Å². The van der Waals surface area contributed by atoms with Crippen molar-refractivity contribution in [3.63, 3.8) is 0 Å². The topological polar surface area (TPSA) is 59.6 Å². The van der Waals surface area contributed by atoms with Gasteiger partial charge in [0.05, 0.1) is 0 Å². The van der Waals surface area contributed by atoms with E-state index in [1.807, 2.05) is 0 Å². The molecule has 242 valence electrons. The van der Waals surface area contributed by atoms with Crippen molar-refractivity contribution in [2.24, 2.45) is 5.92 Å². The number of ether oxygens (including phenoxy) is 2. The van der Waals surface area contributed by atoms with Gasteiger partial charge in [0.15, 0.2) is 0 Å². The van der Waals surface area contributed by atoms with Gasteiger partial charge in [-0.2, -0.15) is 13.2 Å². The first kappa shape index (κ1) is 36.1. The van der Waals surface area contributed by atoms with Crippen LogP contribution in [0.1, 0.15) is 37.0 Å². The predicted octanol–water partition coefficient (Wildman–Crippen LogP) is 8.54. The summed E-state index contributed by atoms with van der Waals surface area (Å²) in [5, 5.41) is 5.04. The summed E-state index contributed by atoms with van der Waals surface area (Å²) in [7, 11) is 1.38. The van der Waals surface area contributed by atoms with Crippen LogP contribution in [0.3, 0.4) is 0 Å². The fraction of sp³-hybridized carbons (Fsp3) is 0.367. The highest BCUT2D eigenvalue weighted by molar-refractivity contribution is 5.73. The van der Waals surface area contributed by atoms with Gasteiger partial charge in [-0.3, -0.25) is 0 Å². The fourth-order valence-corrected chi connectivity index (χ4v) is 4.35. The number of carbonyl (C=O) groups is 1. The summed E-state index contributed by atoms with van der Waals surface area (Å²) in [5.74, 6) is -1.31. The zero-order chi connectivity index (χ0) is 33.2. The Morgan fingerprint density at radius 1 is 0.727 bits per heavy atom. The van der Waals surface area contributed by atoms with E-state index in [2.05, 4.69) is 20.1 Å². The number of halogens is 9. The quantitative estimate of drug-likeness (QED) is 0.231. The van der Waals surface area contributed by atoms with Crippen LogP contribution >= 0.6 is 0 Å². The minimum atomic E-state index is -4.96. The Morgan fingerprint density at radius 2 is 1.20 bits per heavy atom. The monoisotopic (exact) mass is 638 g/mol. The van der Waals surface area contributed by atoms with Gasteiger partial charge in [0.1, 0.15) is 11.5 Å². The Kier molecular flexibility index (Phi) is 12.4. The number of nitrogens with one attached hydrogen (secondary N) is 2. The second-order valence-corrected chi connectivity index (χ2v) is 10.0. The standard InChI is InChI=1S/C25H22F6N2O3.C5H9F3/c1-32-22(34)33-16-23(15-17-7-3-2-4-8-17,18-9-5-11-20(13-18)35-24(26,27)28)19-10-6-12-21(14-19)36-25(29,30)31;1-4(2)3-5(6,7)8/h2-14H,15-16H2,1H3,(H2,32,33,34);4H,3H2,1-2H3. The number of hydrogen-bond acceptors (Lipinski definition) is 3. The lowest BCUT2D eigenvalue weighted by Crippen LogP contribution is -2.46. The number of urea groups is 1. The van der Waals surface area contributed by atoms with Crippen molar-refractivity contribution in [2.75, 3.05) is 13.6 Å². The molecule has 44 heavy (non-hydrogen) atoms. The van der Waals surface area contributed by atoms with E-state index < -0.39 is 48.3 Å². The van der Waals surface area contributed by atoms with E-state index in [1.54, 1.807) is 44.2 Å². The predicted molar refractivity (Wildman–Crippen MR) is 145 cm³/mol. The van der Waals surface area contributed by atoms with Crippen molar-refractivity contribution in [2.45, 2.75) is 51.0 Å². The molecular weight excluding hydrogens is 607 g/mol. The molecule has 0 atom stereocenters. The number of alkyl halides is 9. The molecule has 0 spiro atoms. The molecule has 3 aromatic carbocycles. The van der Waals surface area contributed by atoms with Crippen LogP contribution in [0, 0.1) is 5.92 Å². The van der Waals surface area contributed by atoms with E-state index in [-0.39, 0.29) is 30.0 Å². The molecule has 5 nitrogen and oxygen atoms in total. The van der Waals surface area contributed by atoms with Crippen molar-refractivity contribution in [1.29, 1.82) is 0 Å². The Labute approximate surface area is 248 Å². The van der Waals surface area contributed by atoms with Crippen LogP contribution in [0.2, 0.25) is 0 Å². The Balaban J connectivity index is 0.000000742. The van der Waals surface area contributed by atoms with E-state index in [4.69, 9.17) is 0 Å². The summed E-state index contributed by atoms with van der Waals surface area (Å²) in [5.41, 5.74) is -0.0492. The van der Waals surface area contributed by atoms with E-state index in [9.17, 15) is 44.3 Å². The van der Waals surface area contributed by atoms with E-state index in [1.165, 1.54) is 31.3 Å². The van der Waals surface area contributed by atoms with E-state index in [0.717, 1.165) is 29.8 Å². The number of carbonyl (C=O) groups excluding carboxylic acids is 1. The third kappa shape index (κ3) is 12.6. The molecule has 0 aliphatic carbocycles. The molecule has 0 saturated carbocycles. The summed E-state index contributed by atoms with van der Waals surface area (Å²) in [6.45, 7) is 2.92. The number of benzene rings is 3. The van der Waals surface area contributed by atoms with Gasteiger partial charge in [-0.25, -0.2) is 4.79 Å². The van der Waals surface area contributed by atoms with Crippen LogP contribution in [-0.2, 0) is 11.8 Å². The second kappa shape index (κ2) is 15.1. The molecule has 0 aliphatic heterocycles. The van der Waals surface area contributed by atoms with Gasteiger partial charge in [-0.1, -0.05) is 68.4 Å². The molecule has 0 fully saturated rings. The summed E-state index contributed by atoms with van der Waals surface area (Å²) < 4.78 is 120. The van der Waals surface area contributed by atoms with Crippen molar-refractivity contribution in [3.05, 3.63) is 95.6 Å². The first-order valence-electron chi connectivity index (χ1n) is 13.1. The van der Waals surface area contributed by atoms with Gasteiger partial charge in [0.25, 0.3) is 0 Å². The van der Waals surface area contributed by atoms with Gasteiger partial charge in [-0.05, 0) is 53.3 Å². The molecule has 0 aliphatic rings. The maximum atomic E-state index is 12.9. The zero-order valence-corrected chi connectivity index (χ0v) is 23.8. The lowest BCUT2D eigenvalue weighted by Gasteiger charge is -2.36. The smallest absolute Gasteiger partial charge is 0.406 e. The van der Waals surface area contributed by atoms with Gasteiger partial charge in [-0.15, -0.1) is 26.3 Å². The third-order valence-electron chi connectivity index (χ3n) is 6.01. The van der Waals surface area contributed by atoms with Crippen molar-refractivity contribution < 1.29 is 53.8 Å². The van der Waals surface area contributed by atoms with Gasteiger partial charge in [0.2, 0.25) is 0 Å². The molecular formula is C30H31F9N2O3. The molecule has 0 aromatic heterocycles.